The van der Waals surface area contributed by atoms with Crippen molar-refractivity contribution in [2.75, 3.05) is 19.4 Å². The van der Waals surface area contributed by atoms with Crippen LogP contribution in [0.15, 0.2) is 18.2 Å². The molecule has 2 nitrogen and oxygen atoms in total. The molecule has 14 heavy (non-hydrogen) atoms. The molecule has 0 radical (unpaired) electrons. The number of benzene rings is 1. The molecule has 3 heteroatoms. The van der Waals surface area contributed by atoms with Gasteiger partial charge in [-0.25, -0.2) is 0 Å². The van der Waals surface area contributed by atoms with Crippen molar-refractivity contribution in [3.05, 3.63) is 29.3 Å². The standard InChI is InChI=1S/C11H16BrNO/c1-13(2)8-10-4-3-9(5-6-12)7-11(10)14/h3-4,7,14H,5-6,8H2,1-2H3. The Morgan fingerprint density at radius 2 is 2.07 bits per heavy atom. The molecule has 0 saturated heterocycles. The third kappa shape index (κ3) is 3.31. The Labute approximate surface area is 93.7 Å². The Balaban J connectivity index is 2.79. The SMILES string of the molecule is CN(C)Cc1ccc(CCBr)cc1O. The Morgan fingerprint density at radius 3 is 2.57 bits per heavy atom. The van der Waals surface area contributed by atoms with Gasteiger partial charge in [-0.05, 0) is 32.1 Å². The summed E-state index contributed by atoms with van der Waals surface area (Å²) in [6, 6.07) is 5.91. The van der Waals surface area contributed by atoms with Crippen molar-refractivity contribution < 1.29 is 5.11 Å². The first-order valence-electron chi connectivity index (χ1n) is 4.65. The summed E-state index contributed by atoms with van der Waals surface area (Å²) in [4.78, 5) is 2.04. The van der Waals surface area contributed by atoms with Crippen LogP contribution in [-0.2, 0) is 13.0 Å². The van der Waals surface area contributed by atoms with E-state index in [0.717, 1.165) is 23.9 Å². The molecule has 0 saturated carbocycles. The number of phenols is 1. The fourth-order valence-electron chi connectivity index (χ4n) is 1.35. The van der Waals surface area contributed by atoms with Crippen LogP contribution in [0.1, 0.15) is 11.1 Å². The number of hydrogen-bond acceptors (Lipinski definition) is 2. The first-order chi connectivity index (χ1) is 6.63. The number of aryl methyl sites for hydroxylation is 1. The Hall–Kier alpha value is -0.540. The van der Waals surface area contributed by atoms with Crippen LogP contribution in [0.2, 0.25) is 0 Å². The van der Waals surface area contributed by atoms with Crippen LogP contribution >= 0.6 is 15.9 Å². The molecule has 0 aliphatic carbocycles. The van der Waals surface area contributed by atoms with Crippen LogP contribution in [0.25, 0.3) is 0 Å². The first-order valence-corrected chi connectivity index (χ1v) is 5.77. The van der Waals surface area contributed by atoms with Gasteiger partial charge in [-0.15, -0.1) is 0 Å². The number of hydrogen-bond donors (Lipinski definition) is 1. The minimum absolute atomic E-state index is 0.400. The van der Waals surface area contributed by atoms with Crippen molar-refractivity contribution in [2.24, 2.45) is 0 Å². The summed E-state index contributed by atoms with van der Waals surface area (Å²) < 4.78 is 0. The van der Waals surface area contributed by atoms with Crippen LogP contribution in [0, 0.1) is 0 Å². The molecule has 1 N–H and O–H groups in total. The van der Waals surface area contributed by atoms with Crippen molar-refractivity contribution in [2.45, 2.75) is 13.0 Å². The van der Waals surface area contributed by atoms with Crippen molar-refractivity contribution in [1.29, 1.82) is 0 Å². The van der Waals surface area contributed by atoms with Gasteiger partial charge < -0.3 is 10.0 Å². The molecule has 0 aliphatic heterocycles. The molecular weight excluding hydrogens is 242 g/mol. The highest BCUT2D eigenvalue weighted by atomic mass is 79.9. The zero-order valence-corrected chi connectivity index (χ0v) is 10.2. The Bertz CT molecular complexity index is 299. The average molecular weight is 258 g/mol. The highest BCUT2D eigenvalue weighted by molar-refractivity contribution is 9.09. The van der Waals surface area contributed by atoms with Gasteiger partial charge in [-0.1, -0.05) is 28.1 Å². The maximum absolute atomic E-state index is 9.72. The second-order valence-electron chi connectivity index (χ2n) is 3.64. The van der Waals surface area contributed by atoms with Gasteiger partial charge in [-0.2, -0.15) is 0 Å². The normalized spacial score (nSPS) is 10.9. The van der Waals surface area contributed by atoms with E-state index in [1.807, 2.05) is 31.1 Å². The zero-order valence-electron chi connectivity index (χ0n) is 8.63. The molecule has 0 fully saturated rings. The molecule has 0 amide bonds. The molecule has 0 spiro atoms. The molecule has 1 aromatic carbocycles. The highest BCUT2D eigenvalue weighted by Gasteiger charge is 2.03. The lowest BCUT2D eigenvalue weighted by molar-refractivity contribution is 0.385. The second kappa shape index (κ2) is 5.37. The number of halogens is 1. The van der Waals surface area contributed by atoms with Crippen LogP contribution in [0.5, 0.6) is 5.75 Å². The largest absolute Gasteiger partial charge is 0.508 e. The third-order valence-corrected chi connectivity index (χ3v) is 2.42. The summed E-state index contributed by atoms with van der Waals surface area (Å²) in [6.45, 7) is 0.778. The first kappa shape index (κ1) is 11.5. The van der Waals surface area contributed by atoms with E-state index in [1.54, 1.807) is 0 Å². The van der Waals surface area contributed by atoms with Gasteiger partial charge in [0.15, 0.2) is 0 Å². The van der Waals surface area contributed by atoms with E-state index in [-0.39, 0.29) is 0 Å². The number of alkyl halides is 1. The molecule has 0 aliphatic rings. The average Bonchev–Trinajstić information content (AvgIpc) is 2.10. The Kier molecular flexibility index (Phi) is 4.42. The summed E-state index contributed by atoms with van der Waals surface area (Å²) in [5.74, 6) is 0.400. The van der Waals surface area contributed by atoms with E-state index < -0.39 is 0 Å². The topological polar surface area (TPSA) is 23.5 Å². The van der Waals surface area contributed by atoms with E-state index in [2.05, 4.69) is 22.0 Å². The van der Waals surface area contributed by atoms with Crippen molar-refractivity contribution in [3.8, 4) is 5.75 Å². The van der Waals surface area contributed by atoms with Gasteiger partial charge in [-0.3, -0.25) is 0 Å². The molecule has 0 atom stereocenters. The quantitative estimate of drug-likeness (QED) is 0.838. The van der Waals surface area contributed by atoms with Gasteiger partial charge in [0.1, 0.15) is 5.75 Å². The van der Waals surface area contributed by atoms with Crippen molar-refractivity contribution in [3.63, 3.8) is 0 Å². The second-order valence-corrected chi connectivity index (χ2v) is 4.43. The maximum atomic E-state index is 9.72. The summed E-state index contributed by atoms with van der Waals surface area (Å²) in [6.07, 6.45) is 0.954. The fraction of sp³-hybridized carbons (Fsp3) is 0.455. The van der Waals surface area contributed by atoms with E-state index in [1.165, 1.54) is 5.56 Å². The lowest BCUT2D eigenvalue weighted by Gasteiger charge is -2.11. The van der Waals surface area contributed by atoms with E-state index >= 15 is 0 Å². The smallest absolute Gasteiger partial charge is 0.120 e. The van der Waals surface area contributed by atoms with Gasteiger partial charge in [0.05, 0.1) is 0 Å². The predicted octanol–water partition coefficient (Wildman–Crippen LogP) is 2.39. The summed E-state index contributed by atoms with van der Waals surface area (Å²) in [5, 5.41) is 10.7. The van der Waals surface area contributed by atoms with E-state index in [9.17, 15) is 5.11 Å². The van der Waals surface area contributed by atoms with Crippen LogP contribution in [0.4, 0.5) is 0 Å². The minimum Gasteiger partial charge on any atom is -0.508 e. The molecule has 78 valence electrons. The monoisotopic (exact) mass is 257 g/mol. The molecule has 0 bridgehead atoms. The molecule has 1 aromatic rings. The zero-order chi connectivity index (χ0) is 10.6. The molecule has 0 heterocycles. The van der Waals surface area contributed by atoms with Crippen LogP contribution in [-0.4, -0.2) is 29.4 Å². The highest BCUT2D eigenvalue weighted by Crippen LogP contribution is 2.20. The minimum atomic E-state index is 0.400. The number of rotatable bonds is 4. The molecule has 0 unspecified atom stereocenters. The van der Waals surface area contributed by atoms with Crippen LogP contribution < -0.4 is 0 Å². The summed E-state index contributed by atoms with van der Waals surface area (Å²) >= 11 is 3.38. The van der Waals surface area contributed by atoms with E-state index in [4.69, 9.17) is 0 Å². The Morgan fingerprint density at radius 1 is 1.36 bits per heavy atom. The number of phenolic OH excluding ortho intramolecular Hbond substituents is 1. The van der Waals surface area contributed by atoms with Crippen LogP contribution in [0.3, 0.4) is 0 Å². The van der Waals surface area contributed by atoms with Gasteiger partial charge in [0.25, 0.3) is 0 Å². The van der Waals surface area contributed by atoms with Gasteiger partial charge >= 0.3 is 0 Å². The van der Waals surface area contributed by atoms with Gasteiger partial charge in [0, 0.05) is 17.4 Å². The maximum Gasteiger partial charge on any atom is 0.120 e. The lowest BCUT2D eigenvalue weighted by atomic mass is 10.1. The lowest BCUT2D eigenvalue weighted by Crippen LogP contribution is -2.10. The van der Waals surface area contributed by atoms with Crippen molar-refractivity contribution in [1.82, 2.24) is 4.90 Å². The molecular formula is C11H16BrNO. The van der Waals surface area contributed by atoms with Crippen molar-refractivity contribution >= 4 is 15.9 Å². The molecule has 1 rings (SSSR count). The summed E-state index contributed by atoms with van der Waals surface area (Å²) in [5.41, 5.74) is 2.15. The van der Waals surface area contributed by atoms with Gasteiger partial charge in [0.2, 0.25) is 0 Å². The van der Waals surface area contributed by atoms with E-state index in [0.29, 0.717) is 5.75 Å². The fourth-order valence-corrected chi connectivity index (χ4v) is 1.81. The number of nitrogens with zero attached hydrogens (tertiary/aromatic N) is 1. The third-order valence-electron chi connectivity index (χ3n) is 2.02. The number of aromatic hydroxyl groups is 1. The predicted molar refractivity (Wildman–Crippen MR) is 63.0 cm³/mol. The molecule has 0 aromatic heterocycles. The summed E-state index contributed by atoms with van der Waals surface area (Å²) in [7, 11) is 3.98.